The molecule has 1 saturated heterocycles. The van der Waals surface area contributed by atoms with Gasteiger partial charge in [0.2, 0.25) is 5.91 Å². The summed E-state index contributed by atoms with van der Waals surface area (Å²) in [7, 11) is 0. The van der Waals surface area contributed by atoms with E-state index in [0.29, 0.717) is 31.7 Å². The van der Waals surface area contributed by atoms with Gasteiger partial charge in [0, 0.05) is 12.5 Å². The molecule has 2 fully saturated rings. The molecule has 7 heteroatoms. The van der Waals surface area contributed by atoms with E-state index in [1.165, 1.54) is 4.90 Å². The number of nitrogens with zero attached hydrogens (tertiary/aromatic N) is 1. The fourth-order valence-corrected chi connectivity index (χ4v) is 5.42. The third-order valence-electron chi connectivity index (χ3n) is 7.57. The molecule has 2 aliphatic carbocycles. The Kier molecular flexibility index (Phi) is 5.80. The molecule has 3 aliphatic rings. The van der Waals surface area contributed by atoms with Crippen molar-refractivity contribution in [3.05, 3.63) is 59.7 Å². The van der Waals surface area contributed by atoms with E-state index >= 15 is 0 Å². The Balaban J connectivity index is 1.28. The summed E-state index contributed by atoms with van der Waals surface area (Å²) < 4.78 is 5.65. The van der Waals surface area contributed by atoms with Gasteiger partial charge in [0.25, 0.3) is 0 Å². The van der Waals surface area contributed by atoms with Gasteiger partial charge < -0.3 is 20.1 Å². The molecule has 2 N–H and O–H groups in total. The Bertz CT molecular complexity index is 1080. The quantitative estimate of drug-likeness (QED) is 0.644. The fourth-order valence-electron chi connectivity index (χ4n) is 5.42. The SMILES string of the molecule is CC1(C(=O)O)CCCN1C(=O)C(CC1CC1)NC(=O)OCC1c2ccccc2-c2ccccc21. The number of alkyl carbamates (subject to hydrolysis) is 1. The van der Waals surface area contributed by atoms with E-state index in [2.05, 4.69) is 29.6 Å². The van der Waals surface area contributed by atoms with Crippen molar-refractivity contribution in [2.24, 2.45) is 5.92 Å². The summed E-state index contributed by atoms with van der Waals surface area (Å²) in [6, 6.07) is 15.5. The van der Waals surface area contributed by atoms with Crippen molar-refractivity contribution in [1.29, 1.82) is 0 Å². The van der Waals surface area contributed by atoms with Crippen molar-refractivity contribution in [3.8, 4) is 11.1 Å². The number of hydrogen-bond donors (Lipinski definition) is 2. The molecule has 5 rings (SSSR count). The Hall–Kier alpha value is -3.35. The summed E-state index contributed by atoms with van der Waals surface area (Å²) >= 11 is 0. The van der Waals surface area contributed by atoms with Crippen LogP contribution < -0.4 is 5.32 Å². The average Bonchev–Trinajstić information content (AvgIpc) is 3.47. The van der Waals surface area contributed by atoms with Crippen LogP contribution in [0.4, 0.5) is 4.79 Å². The number of carbonyl (C=O) groups excluding carboxylic acids is 2. The first-order chi connectivity index (χ1) is 16.4. The van der Waals surface area contributed by atoms with Crippen molar-refractivity contribution in [3.63, 3.8) is 0 Å². The van der Waals surface area contributed by atoms with E-state index < -0.39 is 23.6 Å². The van der Waals surface area contributed by atoms with Crippen molar-refractivity contribution >= 4 is 18.0 Å². The van der Waals surface area contributed by atoms with E-state index in [1.807, 2.05) is 24.3 Å². The molecule has 7 nitrogen and oxygen atoms in total. The van der Waals surface area contributed by atoms with Gasteiger partial charge >= 0.3 is 12.1 Å². The minimum Gasteiger partial charge on any atom is -0.480 e. The lowest BCUT2D eigenvalue weighted by Crippen LogP contribution is -2.57. The summed E-state index contributed by atoms with van der Waals surface area (Å²) in [5.41, 5.74) is 3.31. The van der Waals surface area contributed by atoms with Gasteiger partial charge in [-0.25, -0.2) is 9.59 Å². The van der Waals surface area contributed by atoms with Crippen molar-refractivity contribution in [1.82, 2.24) is 10.2 Å². The zero-order valence-corrected chi connectivity index (χ0v) is 19.3. The first-order valence-electron chi connectivity index (χ1n) is 12.0. The molecule has 178 valence electrons. The minimum absolute atomic E-state index is 0.0652. The summed E-state index contributed by atoms with van der Waals surface area (Å²) in [4.78, 5) is 39.5. The molecule has 0 aromatic heterocycles. The molecule has 0 spiro atoms. The first kappa shape index (κ1) is 22.4. The standard InChI is InChI=1S/C27H30N2O5/c1-27(25(31)32)13-6-14-29(27)24(30)23(15-17-11-12-17)28-26(33)34-16-22-20-9-4-2-7-18(20)19-8-3-5-10-21(19)22/h2-5,7-10,17,22-23H,6,11-16H2,1H3,(H,28,33)(H,31,32). The maximum atomic E-state index is 13.3. The lowest BCUT2D eigenvalue weighted by atomic mass is 9.98. The zero-order valence-electron chi connectivity index (χ0n) is 19.3. The molecule has 2 unspecified atom stereocenters. The monoisotopic (exact) mass is 462 g/mol. The van der Waals surface area contributed by atoms with Gasteiger partial charge in [0.05, 0.1) is 0 Å². The Morgan fingerprint density at radius 2 is 1.71 bits per heavy atom. The van der Waals surface area contributed by atoms with E-state index in [9.17, 15) is 19.5 Å². The Morgan fingerprint density at radius 3 is 2.29 bits per heavy atom. The average molecular weight is 463 g/mol. The molecule has 0 radical (unpaired) electrons. The number of hydrogen-bond acceptors (Lipinski definition) is 4. The molecule has 2 aromatic carbocycles. The van der Waals surface area contributed by atoms with Crippen LogP contribution in [0, 0.1) is 5.92 Å². The lowest BCUT2D eigenvalue weighted by Gasteiger charge is -2.34. The molecule has 2 aromatic rings. The lowest BCUT2D eigenvalue weighted by molar-refractivity contribution is -0.156. The van der Waals surface area contributed by atoms with Crippen LogP contribution >= 0.6 is 0 Å². The van der Waals surface area contributed by atoms with Crippen molar-refractivity contribution in [2.45, 2.75) is 56.5 Å². The first-order valence-corrected chi connectivity index (χ1v) is 12.0. The number of carboxylic acids is 1. The van der Waals surface area contributed by atoms with Gasteiger partial charge in [-0.1, -0.05) is 61.4 Å². The number of carboxylic acid groups (broad SMARTS) is 1. The summed E-state index contributed by atoms with van der Waals surface area (Å²) in [5, 5.41) is 12.5. The van der Waals surface area contributed by atoms with E-state index in [-0.39, 0.29) is 18.4 Å². The smallest absolute Gasteiger partial charge is 0.407 e. The fraction of sp³-hybridized carbons (Fsp3) is 0.444. The number of carbonyl (C=O) groups is 3. The number of aliphatic carboxylic acids is 1. The van der Waals surface area contributed by atoms with Crippen molar-refractivity contribution in [2.75, 3.05) is 13.2 Å². The highest BCUT2D eigenvalue weighted by Crippen LogP contribution is 2.44. The van der Waals surface area contributed by atoms with E-state index in [1.54, 1.807) is 6.92 Å². The van der Waals surface area contributed by atoms with Crippen LogP contribution in [-0.4, -0.2) is 52.7 Å². The summed E-state index contributed by atoms with van der Waals surface area (Å²) in [5.74, 6) is -1.03. The van der Waals surface area contributed by atoms with Crippen LogP contribution in [0.2, 0.25) is 0 Å². The summed E-state index contributed by atoms with van der Waals surface area (Å²) in [6.07, 6.45) is 2.95. The number of likely N-dealkylation sites (tertiary alicyclic amines) is 1. The highest BCUT2D eigenvalue weighted by molar-refractivity contribution is 5.91. The second-order valence-electron chi connectivity index (χ2n) is 9.87. The number of fused-ring (bicyclic) bond motifs is 3. The maximum absolute atomic E-state index is 13.3. The van der Waals surface area contributed by atoms with Gasteiger partial charge in [-0.15, -0.1) is 0 Å². The molecular weight excluding hydrogens is 432 g/mol. The molecule has 1 aliphatic heterocycles. The van der Waals surface area contributed by atoms with Gasteiger partial charge in [-0.05, 0) is 54.4 Å². The number of ether oxygens (including phenoxy) is 1. The second kappa shape index (κ2) is 8.78. The number of nitrogens with one attached hydrogen (secondary N) is 1. The number of amides is 2. The largest absolute Gasteiger partial charge is 0.480 e. The predicted molar refractivity (Wildman–Crippen MR) is 126 cm³/mol. The van der Waals surface area contributed by atoms with Gasteiger partial charge in [0.15, 0.2) is 0 Å². The highest BCUT2D eigenvalue weighted by atomic mass is 16.5. The topological polar surface area (TPSA) is 95.9 Å². The predicted octanol–water partition coefficient (Wildman–Crippen LogP) is 4.16. The third-order valence-corrected chi connectivity index (χ3v) is 7.57. The molecule has 2 amide bonds. The minimum atomic E-state index is -1.23. The molecular formula is C27H30N2O5. The van der Waals surface area contributed by atoms with Crippen LogP contribution in [0.15, 0.2) is 48.5 Å². The number of benzene rings is 2. The second-order valence-corrected chi connectivity index (χ2v) is 9.87. The summed E-state index contributed by atoms with van der Waals surface area (Å²) in [6.45, 7) is 2.14. The van der Waals surface area contributed by atoms with Crippen molar-refractivity contribution < 1.29 is 24.2 Å². The van der Waals surface area contributed by atoms with Crippen LogP contribution in [-0.2, 0) is 14.3 Å². The van der Waals surface area contributed by atoms with E-state index in [0.717, 1.165) is 35.1 Å². The van der Waals surface area contributed by atoms with Crippen LogP contribution in [0.25, 0.3) is 11.1 Å². The molecule has 1 saturated carbocycles. The molecule has 2 atom stereocenters. The van der Waals surface area contributed by atoms with Gasteiger partial charge in [-0.2, -0.15) is 0 Å². The highest BCUT2D eigenvalue weighted by Gasteiger charge is 2.48. The maximum Gasteiger partial charge on any atom is 0.407 e. The zero-order chi connectivity index (χ0) is 23.9. The van der Waals surface area contributed by atoms with E-state index in [4.69, 9.17) is 4.74 Å². The Morgan fingerprint density at radius 1 is 1.09 bits per heavy atom. The normalized spacial score (nSPS) is 22.1. The van der Waals surface area contributed by atoms with Gasteiger partial charge in [0.1, 0.15) is 18.2 Å². The van der Waals surface area contributed by atoms with Gasteiger partial charge in [-0.3, -0.25) is 4.79 Å². The molecule has 34 heavy (non-hydrogen) atoms. The molecule has 1 heterocycles. The van der Waals surface area contributed by atoms with Crippen LogP contribution in [0.5, 0.6) is 0 Å². The van der Waals surface area contributed by atoms with Crippen LogP contribution in [0.1, 0.15) is 56.1 Å². The molecule has 0 bridgehead atoms. The third kappa shape index (κ3) is 4.04. The Labute approximate surface area is 199 Å². The number of rotatable bonds is 7. The van der Waals surface area contributed by atoms with Crippen LogP contribution in [0.3, 0.4) is 0 Å².